The number of ether oxygens (including phenoxy) is 1. The number of halogens is 2. The number of nitrogens with one attached hydrogen (secondary N) is 1. The summed E-state index contributed by atoms with van der Waals surface area (Å²) in [5.74, 6) is 0.548. The quantitative estimate of drug-likeness (QED) is 0.322. The molecule has 0 fully saturated rings. The van der Waals surface area contributed by atoms with Crippen molar-refractivity contribution in [2.45, 2.75) is 65.5 Å². The van der Waals surface area contributed by atoms with Crippen LogP contribution in [-0.4, -0.2) is 35.9 Å². The van der Waals surface area contributed by atoms with E-state index in [1.54, 1.807) is 11.0 Å². The van der Waals surface area contributed by atoms with Gasteiger partial charge in [0.1, 0.15) is 11.8 Å². The van der Waals surface area contributed by atoms with E-state index in [0.29, 0.717) is 29.7 Å². The van der Waals surface area contributed by atoms with Crippen molar-refractivity contribution >= 4 is 39.3 Å². The molecule has 33 heavy (non-hydrogen) atoms. The summed E-state index contributed by atoms with van der Waals surface area (Å²) in [6.07, 6.45) is 2.36. The fourth-order valence-electron chi connectivity index (χ4n) is 3.45. The van der Waals surface area contributed by atoms with E-state index in [9.17, 15) is 9.59 Å². The van der Waals surface area contributed by atoms with Gasteiger partial charge in [0, 0.05) is 18.1 Å². The first kappa shape index (κ1) is 27.2. The minimum atomic E-state index is -0.610. The van der Waals surface area contributed by atoms with Crippen LogP contribution < -0.4 is 10.1 Å². The largest absolute Gasteiger partial charge is 0.483 e. The lowest BCUT2D eigenvalue weighted by Crippen LogP contribution is -2.50. The van der Waals surface area contributed by atoms with Crippen LogP contribution in [-0.2, 0) is 16.1 Å². The summed E-state index contributed by atoms with van der Waals surface area (Å²) in [4.78, 5) is 27.8. The molecule has 2 rings (SSSR count). The smallest absolute Gasteiger partial charge is 0.261 e. The Hall–Kier alpha value is -2.05. The van der Waals surface area contributed by atoms with Gasteiger partial charge in [-0.3, -0.25) is 9.59 Å². The van der Waals surface area contributed by atoms with Crippen LogP contribution in [0.2, 0.25) is 5.02 Å². The van der Waals surface area contributed by atoms with Gasteiger partial charge in [0.25, 0.3) is 5.91 Å². The van der Waals surface area contributed by atoms with Gasteiger partial charge < -0.3 is 15.0 Å². The van der Waals surface area contributed by atoms with Crippen LogP contribution in [0.3, 0.4) is 0 Å². The van der Waals surface area contributed by atoms with Crippen molar-refractivity contribution < 1.29 is 14.3 Å². The molecule has 1 atom stereocenters. The fraction of sp³-hybridized carbons (Fsp3) is 0.462. The minimum absolute atomic E-state index is 0.158. The molecule has 0 aromatic heterocycles. The van der Waals surface area contributed by atoms with Gasteiger partial charge in [0.15, 0.2) is 6.61 Å². The zero-order chi connectivity index (χ0) is 24.4. The van der Waals surface area contributed by atoms with Gasteiger partial charge in [-0.2, -0.15) is 0 Å². The molecule has 0 aliphatic heterocycles. The molecule has 1 N–H and O–H groups in total. The molecular formula is C26H34BrClN2O3. The number of rotatable bonds is 12. The lowest BCUT2D eigenvalue weighted by Gasteiger charge is -2.31. The third-order valence-corrected chi connectivity index (χ3v) is 6.48. The number of nitrogens with zero attached hydrogens (tertiary/aromatic N) is 1. The van der Waals surface area contributed by atoms with Crippen LogP contribution in [0.4, 0.5) is 0 Å². The van der Waals surface area contributed by atoms with Crippen LogP contribution in [0.15, 0.2) is 46.9 Å². The lowest BCUT2D eigenvalue weighted by atomic mass is 10.0. The van der Waals surface area contributed by atoms with E-state index >= 15 is 0 Å². The summed E-state index contributed by atoms with van der Waals surface area (Å²) >= 11 is 9.90. The molecule has 0 aliphatic carbocycles. The van der Waals surface area contributed by atoms with Crippen molar-refractivity contribution in [2.75, 3.05) is 13.2 Å². The summed E-state index contributed by atoms with van der Waals surface area (Å²) < 4.78 is 6.65. The van der Waals surface area contributed by atoms with Crippen molar-refractivity contribution in [3.63, 3.8) is 0 Å². The van der Waals surface area contributed by atoms with E-state index in [-0.39, 0.29) is 25.0 Å². The molecule has 2 aromatic carbocycles. The van der Waals surface area contributed by atoms with Crippen molar-refractivity contribution in [1.82, 2.24) is 10.2 Å². The Morgan fingerprint density at radius 3 is 2.48 bits per heavy atom. The summed E-state index contributed by atoms with van der Waals surface area (Å²) in [7, 11) is 0. The van der Waals surface area contributed by atoms with Gasteiger partial charge in [0.05, 0.1) is 4.47 Å². The highest BCUT2D eigenvalue weighted by atomic mass is 79.9. The molecule has 0 bridgehead atoms. The fourth-order valence-corrected chi connectivity index (χ4v) is 4.16. The molecule has 180 valence electrons. The minimum Gasteiger partial charge on any atom is -0.483 e. The predicted molar refractivity (Wildman–Crippen MR) is 138 cm³/mol. The predicted octanol–water partition coefficient (Wildman–Crippen LogP) is 6.33. The van der Waals surface area contributed by atoms with Crippen molar-refractivity contribution in [3.05, 3.63) is 63.1 Å². The second-order valence-corrected chi connectivity index (χ2v) is 9.58. The molecule has 0 saturated carbocycles. The monoisotopic (exact) mass is 536 g/mol. The normalized spacial score (nSPS) is 11.8. The second kappa shape index (κ2) is 13.6. The third-order valence-electron chi connectivity index (χ3n) is 5.49. The average molecular weight is 538 g/mol. The van der Waals surface area contributed by atoms with Crippen molar-refractivity contribution in [3.8, 4) is 5.75 Å². The number of carbonyl (C=O) groups excluding carboxylic acids is 2. The zero-order valence-corrected chi connectivity index (χ0v) is 22.2. The number of carbonyl (C=O) groups is 2. The summed E-state index contributed by atoms with van der Waals surface area (Å²) in [6.45, 7) is 8.85. The SMILES string of the molecule is CCCCNC(=O)C(CC)N(Cc1ccccc1Cl)C(=O)COc1ccc(C(C)C)cc1Br. The standard InChI is InChI=1S/C26H34BrClN2O3/c1-5-7-14-29-26(32)23(6-2)30(16-20-10-8-9-11-22(20)28)25(31)17-33-24-13-12-19(18(3)4)15-21(24)27/h8-13,15,18,23H,5-7,14,16-17H2,1-4H3,(H,29,32). The summed E-state index contributed by atoms with van der Waals surface area (Å²) in [5, 5.41) is 3.52. The first-order chi connectivity index (χ1) is 15.8. The Balaban J connectivity index is 2.21. The number of hydrogen-bond acceptors (Lipinski definition) is 3. The molecule has 0 spiro atoms. The van der Waals surface area contributed by atoms with Gasteiger partial charge in [-0.25, -0.2) is 0 Å². The number of hydrogen-bond donors (Lipinski definition) is 1. The first-order valence-electron chi connectivity index (χ1n) is 11.5. The van der Waals surface area contributed by atoms with Gasteiger partial charge in [-0.1, -0.05) is 70.0 Å². The molecular weight excluding hydrogens is 504 g/mol. The van der Waals surface area contributed by atoms with Crippen molar-refractivity contribution in [1.29, 1.82) is 0 Å². The molecule has 5 nitrogen and oxygen atoms in total. The Bertz CT molecular complexity index is 936. The van der Waals surface area contributed by atoms with E-state index in [0.717, 1.165) is 22.9 Å². The summed E-state index contributed by atoms with van der Waals surface area (Å²) in [5.41, 5.74) is 1.96. The third kappa shape index (κ3) is 8.04. The van der Waals surface area contributed by atoms with Crippen molar-refractivity contribution in [2.24, 2.45) is 0 Å². The van der Waals surface area contributed by atoms with Gasteiger partial charge >= 0.3 is 0 Å². The Labute approximate surface area is 211 Å². The second-order valence-electron chi connectivity index (χ2n) is 8.31. The highest BCUT2D eigenvalue weighted by molar-refractivity contribution is 9.10. The molecule has 0 aliphatic rings. The van der Waals surface area contributed by atoms with E-state index < -0.39 is 6.04 Å². The van der Waals surface area contributed by atoms with Gasteiger partial charge in [-0.05, 0) is 64.0 Å². The van der Waals surface area contributed by atoms with Gasteiger partial charge in [-0.15, -0.1) is 0 Å². The van der Waals surface area contributed by atoms with Gasteiger partial charge in [0.2, 0.25) is 5.91 Å². The Morgan fingerprint density at radius 1 is 1.15 bits per heavy atom. The van der Waals surface area contributed by atoms with E-state index in [4.69, 9.17) is 16.3 Å². The Kier molecular flexibility index (Phi) is 11.2. The highest BCUT2D eigenvalue weighted by Crippen LogP contribution is 2.29. The van der Waals surface area contributed by atoms with Crippen LogP contribution in [0.25, 0.3) is 0 Å². The average Bonchev–Trinajstić information content (AvgIpc) is 2.79. The highest BCUT2D eigenvalue weighted by Gasteiger charge is 2.29. The molecule has 7 heteroatoms. The van der Waals surface area contributed by atoms with E-state index in [2.05, 4.69) is 42.0 Å². The van der Waals surface area contributed by atoms with E-state index in [1.165, 1.54) is 5.56 Å². The van der Waals surface area contributed by atoms with E-state index in [1.807, 2.05) is 43.3 Å². The van der Waals surface area contributed by atoms with Crippen LogP contribution >= 0.6 is 27.5 Å². The maximum atomic E-state index is 13.3. The first-order valence-corrected chi connectivity index (χ1v) is 12.7. The molecule has 2 aromatic rings. The molecule has 0 saturated heterocycles. The molecule has 0 heterocycles. The number of benzene rings is 2. The van der Waals surface area contributed by atoms with Crippen LogP contribution in [0, 0.1) is 0 Å². The number of unbranched alkanes of at least 4 members (excludes halogenated alkanes) is 1. The Morgan fingerprint density at radius 2 is 1.88 bits per heavy atom. The molecule has 2 amide bonds. The molecule has 1 unspecified atom stereocenters. The zero-order valence-electron chi connectivity index (χ0n) is 19.9. The molecule has 0 radical (unpaired) electrons. The summed E-state index contributed by atoms with van der Waals surface area (Å²) in [6, 6.07) is 12.6. The maximum Gasteiger partial charge on any atom is 0.261 e. The maximum absolute atomic E-state index is 13.3. The topological polar surface area (TPSA) is 58.6 Å². The number of amides is 2. The van der Waals surface area contributed by atoms with Crippen LogP contribution in [0.5, 0.6) is 5.75 Å². The lowest BCUT2D eigenvalue weighted by molar-refractivity contribution is -0.143. The van der Waals surface area contributed by atoms with Crippen LogP contribution in [0.1, 0.15) is 64.0 Å².